The molecule has 46 heavy (non-hydrogen) atoms. The molecule has 1 N–H and O–H groups in total. The SMILES string of the molecule is C[C@]1(c2ccc(Cl)cn2)Oc2cccc(N3CCN(Cc4nc5c(Cl)cc(C(=O)O)cc5n4CC4(CC#N)CC4)[C@@H]4CC[C@H]43)c2O1. The van der Waals surface area contributed by atoms with Gasteiger partial charge >= 0.3 is 5.97 Å². The summed E-state index contributed by atoms with van der Waals surface area (Å²) in [5.41, 5.74) is 3.00. The molecule has 0 unspecified atom stereocenters. The zero-order valence-electron chi connectivity index (χ0n) is 25.2. The highest BCUT2D eigenvalue weighted by Gasteiger charge is 2.48. The largest absolute Gasteiger partial charge is 0.478 e. The number of anilines is 1. The van der Waals surface area contributed by atoms with Gasteiger partial charge in [0.1, 0.15) is 17.0 Å². The summed E-state index contributed by atoms with van der Waals surface area (Å²) < 4.78 is 15.0. The van der Waals surface area contributed by atoms with E-state index in [2.05, 4.69) is 31.5 Å². The molecule has 1 saturated heterocycles. The van der Waals surface area contributed by atoms with Crippen molar-refractivity contribution < 1.29 is 19.4 Å². The Morgan fingerprint density at radius 2 is 1.96 bits per heavy atom. The van der Waals surface area contributed by atoms with Crippen LogP contribution in [-0.4, -0.2) is 55.7 Å². The maximum atomic E-state index is 11.9. The van der Waals surface area contributed by atoms with Gasteiger partial charge in [0.15, 0.2) is 11.5 Å². The monoisotopic (exact) mass is 658 g/mol. The van der Waals surface area contributed by atoms with Crippen molar-refractivity contribution in [2.75, 3.05) is 18.0 Å². The summed E-state index contributed by atoms with van der Waals surface area (Å²) >= 11 is 12.7. The predicted molar refractivity (Wildman–Crippen MR) is 172 cm³/mol. The van der Waals surface area contributed by atoms with E-state index in [1.165, 1.54) is 6.07 Å². The number of aromatic carboxylic acids is 1. The number of hydrogen-bond donors (Lipinski definition) is 1. The standard InChI is InChI=1S/C34H32Cl2N6O4/c1-33(28-8-5-21(35)17-38-28)45-27-4-2-3-25(31(27)46-33)41-14-13-40(23-6-7-24(23)41)18-29-39-30-22(36)15-20(32(43)44)16-26(30)42(29)19-34(9-10-34)11-12-37/h2-5,8,15-17,23-24H,6-7,9-11,13-14,18-19H2,1H3,(H,43,44)/t23-,24-,33+/m1/s1. The smallest absolute Gasteiger partial charge is 0.335 e. The van der Waals surface area contributed by atoms with Crippen LogP contribution in [0.3, 0.4) is 0 Å². The van der Waals surface area contributed by atoms with Crippen molar-refractivity contribution in [3.05, 3.63) is 75.8 Å². The summed E-state index contributed by atoms with van der Waals surface area (Å²) in [4.78, 5) is 26.3. The topological polar surface area (TPSA) is 117 Å². The maximum absolute atomic E-state index is 11.9. The molecule has 12 heteroatoms. The van der Waals surface area contributed by atoms with Gasteiger partial charge in [-0.05, 0) is 62.1 Å². The summed E-state index contributed by atoms with van der Waals surface area (Å²) in [6.45, 7) is 4.70. The fraction of sp³-hybridized carbons (Fsp3) is 0.412. The molecule has 236 valence electrons. The van der Waals surface area contributed by atoms with Crippen LogP contribution in [0, 0.1) is 16.7 Å². The lowest BCUT2D eigenvalue weighted by Crippen LogP contribution is -2.64. The van der Waals surface area contributed by atoms with Crippen molar-refractivity contribution in [3.8, 4) is 17.6 Å². The number of para-hydroxylation sites is 1. The summed E-state index contributed by atoms with van der Waals surface area (Å²) in [5.74, 6) is 0.170. The number of fused-ring (bicyclic) bond motifs is 3. The van der Waals surface area contributed by atoms with Crippen LogP contribution >= 0.6 is 23.2 Å². The highest BCUT2D eigenvalue weighted by molar-refractivity contribution is 6.35. The second-order valence-electron chi connectivity index (χ2n) is 13.1. The molecule has 0 amide bonds. The molecular weight excluding hydrogens is 627 g/mol. The maximum Gasteiger partial charge on any atom is 0.335 e. The molecule has 0 bridgehead atoms. The number of carboxylic acid groups (broad SMARTS) is 1. The quantitative estimate of drug-likeness (QED) is 0.223. The summed E-state index contributed by atoms with van der Waals surface area (Å²) in [6, 6.07) is 15.7. The van der Waals surface area contributed by atoms with Gasteiger partial charge in [-0.15, -0.1) is 0 Å². The van der Waals surface area contributed by atoms with Crippen LogP contribution in [-0.2, 0) is 18.9 Å². The van der Waals surface area contributed by atoms with E-state index in [0.29, 0.717) is 58.1 Å². The molecule has 3 fully saturated rings. The third-order valence-electron chi connectivity index (χ3n) is 10.1. The number of benzene rings is 2. The Labute approximate surface area is 276 Å². The van der Waals surface area contributed by atoms with E-state index in [9.17, 15) is 15.2 Å². The molecule has 10 nitrogen and oxygen atoms in total. The average Bonchev–Trinajstić information content (AvgIpc) is 3.54. The number of nitrogens with zero attached hydrogens (tertiary/aromatic N) is 6. The van der Waals surface area contributed by atoms with Gasteiger partial charge in [0.05, 0.1) is 39.4 Å². The molecule has 4 aromatic rings. The lowest BCUT2D eigenvalue weighted by atomic mass is 9.81. The van der Waals surface area contributed by atoms with E-state index < -0.39 is 11.8 Å². The molecular formula is C34H32Cl2N6O4. The number of ether oxygens (including phenoxy) is 2. The zero-order chi connectivity index (χ0) is 31.8. The highest BCUT2D eigenvalue weighted by Crippen LogP contribution is 2.52. The summed E-state index contributed by atoms with van der Waals surface area (Å²) in [5, 5.41) is 20.1. The van der Waals surface area contributed by atoms with E-state index in [-0.39, 0.29) is 17.0 Å². The lowest BCUT2D eigenvalue weighted by Gasteiger charge is -2.54. The number of rotatable bonds is 8. The first-order valence-electron chi connectivity index (χ1n) is 15.6. The second kappa shape index (κ2) is 10.8. The van der Waals surface area contributed by atoms with Gasteiger partial charge in [-0.2, -0.15) is 5.26 Å². The van der Waals surface area contributed by atoms with Crippen molar-refractivity contribution in [2.24, 2.45) is 5.41 Å². The Balaban J connectivity index is 1.07. The van der Waals surface area contributed by atoms with Crippen LogP contribution < -0.4 is 14.4 Å². The number of hydrogen-bond acceptors (Lipinski definition) is 8. The number of carbonyl (C=O) groups is 1. The lowest BCUT2D eigenvalue weighted by molar-refractivity contribution is -0.0717. The van der Waals surface area contributed by atoms with Crippen molar-refractivity contribution in [3.63, 3.8) is 0 Å². The third-order valence-corrected chi connectivity index (χ3v) is 10.7. The predicted octanol–water partition coefficient (Wildman–Crippen LogP) is 6.63. The number of aromatic nitrogens is 3. The first-order chi connectivity index (χ1) is 22.2. The van der Waals surface area contributed by atoms with E-state index in [0.717, 1.165) is 56.0 Å². The average molecular weight is 660 g/mol. The fourth-order valence-electron chi connectivity index (χ4n) is 7.31. The Hall–Kier alpha value is -4.04. The van der Waals surface area contributed by atoms with E-state index in [1.807, 2.05) is 25.1 Å². The summed E-state index contributed by atoms with van der Waals surface area (Å²) in [6.07, 6.45) is 6.10. The fourth-order valence-corrected chi connectivity index (χ4v) is 7.68. The normalized spacial score (nSPS) is 24.3. The Morgan fingerprint density at radius 3 is 2.65 bits per heavy atom. The number of imidazole rings is 1. The van der Waals surface area contributed by atoms with Crippen LogP contribution in [0.2, 0.25) is 10.0 Å². The number of nitriles is 1. The number of carboxylic acids is 1. The molecule has 2 aliphatic heterocycles. The van der Waals surface area contributed by atoms with Gasteiger partial charge < -0.3 is 24.0 Å². The molecule has 0 spiro atoms. The van der Waals surface area contributed by atoms with Crippen LogP contribution in [0.15, 0.2) is 48.7 Å². The Kier molecular flexibility index (Phi) is 6.87. The molecule has 2 aliphatic carbocycles. The van der Waals surface area contributed by atoms with E-state index in [1.54, 1.807) is 18.3 Å². The molecule has 2 saturated carbocycles. The van der Waals surface area contributed by atoms with Crippen LogP contribution in [0.1, 0.15) is 60.9 Å². The molecule has 4 heterocycles. The molecule has 2 aromatic heterocycles. The zero-order valence-corrected chi connectivity index (χ0v) is 26.8. The van der Waals surface area contributed by atoms with Gasteiger partial charge in [-0.25, -0.2) is 9.78 Å². The molecule has 8 rings (SSSR count). The third kappa shape index (κ3) is 4.84. The Morgan fingerprint density at radius 1 is 1.13 bits per heavy atom. The van der Waals surface area contributed by atoms with Crippen molar-refractivity contribution in [2.45, 2.75) is 70.0 Å². The number of piperazine rings is 1. The van der Waals surface area contributed by atoms with Crippen molar-refractivity contribution in [1.29, 1.82) is 5.26 Å². The Bertz CT molecular complexity index is 1920. The van der Waals surface area contributed by atoms with Gasteiger partial charge in [-0.1, -0.05) is 29.3 Å². The van der Waals surface area contributed by atoms with Gasteiger partial charge in [0, 0.05) is 56.7 Å². The van der Waals surface area contributed by atoms with Gasteiger partial charge in [0.25, 0.3) is 5.79 Å². The van der Waals surface area contributed by atoms with Crippen molar-refractivity contribution in [1.82, 2.24) is 19.4 Å². The van der Waals surface area contributed by atoms with Crippen LogP contribution in [0.4, 0.5) is 5.69 Å². The van der Waals surface area contributed by atoms with Crippen LogP contribution in [0.25, 0.3) is 11.0 Å². The van der Waals surface area contributed by atoms with Gasteiger partial charge in [0.2, 0.25) is 0 Å². The summed E-state index contributed by atoms with van der Waals surface area (Å²) in [7, 11) is 0. The number of pyridine rings is 1. The van der Waals surface area contributed by atoms with E-state index in [4.69, 9.17) is 37.7 Å². The highest BCUT2D eigenvalue weighted by atomic mass is 35.5. The molecule has 2 aromatic carbocycles. The minimum Gasteiger partial charge on any atom is -0.478 e. The van der Waals surface area contributed by atoms with E-state index >= 15 is 0 Å². The molecule has 0 radical (unpaired) electrons. The minimum absolute atomic E-state index is 0.105. The van der Waals surface area contributed by atoms with Crippen LogP contribution in [0.5, 0.6) is 11.5 Å². The van der Waals surface area contributed by atoms with Crippen molar-refractivity contribution >= 4 is 45.9 Å². The van der Waals surface area contributed by atoms with Gasteiger partial charge in [-0.3, -0.25) is 9.88 Å². The first kappa shape index (κ1) is 29.4. The first-order valence-corrected chi connectivity index (χ1v) is 16.4. The second-order valence-corrected chi connectivity index (χ2v) is 13.9. The minimum atomic E-state index is -1.06. The molecule has 3 atom stereocenters. The number of halogens is 2. The molecule has 4 aliphatic rings.